The highest BCUT2D eigenvalue weighted by Crippen LogP contribution is 2.27. The first kappa shape index (κ1) is 11.9. The van der Waals surface area contributed by atoms with E-state index in [1.165, 1.54) is 0 Å². The van der Waals surface area contributed by atoms with Crippen LogP contribution in [0.5, 0.6) is 0 Å². The van der Waals surface area contributed by atoms with Crippen molar-refractivity contribution >= 4 is 18.2 Å². The molecule has 2 atom stereocenters. The van der Waals surface area contributed by atoms with Gasteiger partial charge < -0.3 is 15.5 Å². The lowest BCUT2D eigenvalue weighted by molar-refractivity contribution is -0.137. The van der Waals surface area contributed by atoms with E-state index >= 15 is 0 Å². The van der Waals surface area contributed by atoms with Gasteiger partial charge in [0, 0.05) is 19.4 Å². The SMILES string of the molecule is CC(NC=O)(C1CCC(=O)N1)N1CCCC1=O. The first-order valence-corrected chi connectivity index (χ1v) is 5.89. The van der Waals surface area contributed by atoms with Gasteiger partial charge >= 0.3 is 0 Å². The van der Waals surface area contributed by atoms with Crippen molar-refractivity contribution in [3.63, 3.8) is 0 Å². The maximum atomic E-state index is 11.8. The van der Waals surface area contributed by atoms with Crippen molar-refractivity contribution in [1.29, 1.82) is 0 Å². The fraction of sp³-hybridized carbons (Fsp3) is 0.727. The van der Waals surface area contributed by atoms with Crippen LogP contribution >= 0.6 is 0 Å². The molecule has 0 aliphatic carbocycles. The first-order chi connectivity index (χ1) is 8.08. The van der Waals surface area contributed by atoms with Gasteiger partial charge in [0.25, 0.3) is 0 Å². The molecular formula is C11H17N3O3. The molecule has 94 valence electrons. The van der Waals surface area contributed by atoms with Crippen LogP contribution in [0.15, 0.2) is 0 Å². The Bertz CT molecular complexity index is 358. The minimum atomic E-state index is -0.804. The summed E-state index contributed by atoms with van der Waals surface area (Å²) in [6, 6.07) is -0.206. The first-order valence-electron chi connectivity index (χ1n) is 5.89. The zero-order valence-corrected chi connectivity index (χ0v) is 9.86. The van der Waals surface area contributed by atoms with Gasteiger partial charge in [0.2, 0.25) is 18.2 Å². The smallest absolute Gasteiger partial charge is 0.224 e. The molecule has 2 aliphatic heterocycles. The molecule has 17 heavy (non-hydrogen) atoms. The standard InChI is InChI=1S/C11H17N3O3/c1-11(12-7-15,8-4-5-9(16)13-8)14-6-2-3-10(14)17/h7-8H,2-6H2,1H3,(H,12,15)(H,13,16). The molecule has 2 aliphatic rings. The third-order valence-corrected chi connectivity index (χ3v) is 3.66. The largest absolute Gasteiger partial charge is 0.349 e. The number of nitrogens with one attached hydrogen (secondary N) is 2. The normalized spacial score (nSPS) is 27.8. The molecule has 0 spiro atoms. The molecule has 6 nitrogen and oxygen atoms in total. The lowest BCUT2D eigenvalue weighted by atomic mass is 9.99. The van der Waals surface area contributed by atoms with Crippen molar-refractivity contribution in [3.8, 4) is 0 Å². The molecule has 0 radical (unpaired) electrons. The van der Waals surface area contributed by atoms with E-state index in [4.69, 9.17) is 0 Å². The number of likely N-dealkylation sites (tertiary alicyclic amines) is 1. The fourth-order valence-corrected chi connectivity index (χ4v) is 2.66. The predicted octanol–water partition coefficient (Wildman–Crippen LogP) is -0.650. The molecule has 0 bridgehead atoms. The zero-order chi connectivity index (χ0) is 12.5. The van der Waals surface area contributed by atoms with Crippen molar-refractivity contribution in [2.75, 3.05) is 6.54 Å². The zero-order valence-electron chi connectivity index (χ0n) is 9.86. The van der Waals surface area contributed by atoms with Gasteiger partial charge in [0.1, 0.15) is 5.66 Å². The van der Waals surface area contributed by atoms with Gasteiger partial charge in [-0.05, 0) is 19.8 Å². The van der Waals surface area contributed by atoms with E-state index in [-0.39, 0.29) is 17.9 Å². The number of rotatable bonds is 4. The predicted molar refractivity (Wildman–Crippen MR) is 59.7 cm³/mol. The molecule has 2 saturated heterocycles. The van der Waals surface area contributed by atoms with Crippen molar-refractivity contribution in [2.45, 2.75) is 44.3 Å². The number of hydrogen-bond donors (Lipinski definition) is 2. The Labute approximate surface area is 99.7 Å². The van der Waals surface area contributed by atoms with E-state index in [1.54, 1.807) is 11.8 Å². The third-order valence-electron chi connectivity index (χ3n) is 3.66. The van der Waals surface area contributed by atoms with Gasteiger partial charge in [-0.2, -0.15) is 0 Å². The minimum absolute atomic E-state index is 0.0273. The molecule has 2 rings (SSSR count). The summed E-state index contributed by atoms with van der Waals surface area (Å²) in [6.07, 6.45) is 2.99. The molecule has 6 heteroatoms. The van der Waals surface area contributed by atoms with E-state index < -0.39 is 5.66 Å². The molecule has 2 fully saturated rings. The summed E-state index contributed by atoms with van der Waals surface area (Å²) in [5.41, 5.74) is -0.804. The molecule has 0 saturated carbocycles. The Morgan fingerprint density at radius 1 is 1.47 bits per heavy atom. The van der Waals surface area contributed by atoms with Crippen molar-refractivity contribution in [3.05, 3.63) is 0 Å². The van der Waals surface area contributed by atoms with Crippen LogP contribution in [0.4, 0.5) is 0 Å². The number of carbonyl (C=O) groups is 3. The van der Waals surface area contributed by atoms with Gasteiger partial charge in [-0.3, -0.25) is 14.4 Å². The van der Waals surface area contributed by atoms with Crippen LogP contribution in [-0.2, 0) is 14.4 Å². The second-order valence-electron chi connectivity index (χ2n) is 4.72. The number of amides is 3. The van der Waals surface area contributed by atoms with Crippen molar-refractivity contribution < 1.29 is 14.4 Å². The van der Waals surface area contributed by atoms with Gasteiger partial charge in [-0.25, -0.2) is 0 Å². The maximum Gasteiger partial charge on any atom is 0.224 e. The highest BCUT2D eigenvalue weighted by molar-refractivity contribution is 5.81. The fourth-order valence-electron chi connectivity index (χ4n) is 2.66. The van der Waals surface area contributed by atoms with E-state index in [1.807, 2.05) is 0 Å². The Morgan fingerprint density at radius 2 is 2.24 bits per heavy atom. The molecule has 2 unspecified atom stereocenters. The molecule has 2 N–H and O–H groups in total. The van der Waals surface area contributed by atoms with Gasteiger partial charge in [-0.15, -0.1) is 0 Å². The maximum absolute atomic E-state index is 11.8. The van der Waals surface area contributed by atoms with Gasteiger partial charge in [0.05, 0.1) is 6.04 Å². The molecule has 0 aromatic rings. The summed E-state index contributed by atoms with van der Waals surface area (Å²) in [5.74, 6) is 0.00330. The minimum Gasteiger partial charge on any atom is -0.349 e. The van der Waals surface area contributed by atoms with Crippen molar-refractivity contribution in [2.24, 2.45) is 0 Å². The summed E-state index contributed by atoms with van der Waals surface area (Å²) in [6.45, 7) is 2.42. The molecule has 2 heterocycles. The second kappa shape index (κ2) is 4.35. The number of carbonyl (C=O) groups excluding carboxylic acids is 3. The van der Waals surface area contributed by atoms with Gasteiger partial charge in [0.15, 0.2) is 0 Å². The summed E-state index contributed by atoms with van der Waals surface area (Å²) in [7, 11) is 0. The summed E-state index contributed by atoms with van der Waals surface area (Å²) >= 11 is 0. The van der Waals surface area contributed by atoms with E-state index in [2.05, 4.69) is 10.6 Å². The van der Waals surface area contributed by atoms with Gasteiger partial charge in [-0.1, -0.05) is 0 Å². The van der Waals surface area contributed by atoms with Crippen LogP contribution in [0.2, 0.25) is 0 Å². The van der Waals surface area contributed by atoms with Crippen LogP contribution in [-0.4, -0.2) is 41.4 Å². The second-order valence-corrected chi connectivity index (χ2v) is 4.72. The molecule has 0 aromatic carbocycles. The van der Waals surface area contributed by atoms with E-state index in [9.17, 15) is 14.4 Å². The Morgan fingerprint density at radius 3 is 2.71 bits per heavy atom. The van der Waals surface area contributed by atoms with E-state index in [0.717, 1.165) is 6.42 Å². The average Bonchev–Trinajstić information content (AvgIpc) is 2.87. The van der Waals surface area contributed by atoms with Crippen LogP contribution < -0.4 is 10.6 Å². The number of hydrogen-bond acceptors (Lipinski definition) is 3. The average molecular weight is 239 g/mol. The summed E-state index contributed by atoms with van der Waals surface area (Å²) in [4.78, 5) is 35.5. The summed E-state index contributed by atoms with van der Waals surface area (Å²) < 4.78 is 0. The number of nitrogens with zero attached hydrogens (tertiary/aromatic N) is 1. The Hall–Kier alpha value is -1.59. The van der Waals surface area contributed by atoms with E-state index in [0.29, 0.717) is 32.2 Å². The van der Waals surface area contributed by atoms with Crippen LogP contribution in [0.1, 0.15) is 32.6 Å². The van der Waals surface area contributed by atoms with Crippen LogP contribution in [0.25, 0.3) is 0 Å². The lowest BCUT2D eigenvalue weighted by Crippen LogP contribution is -2.66. The quantitative estimate of drug-likeness (QED) is 0.640. The molecule has 3 amide bonds. The molecule has 0 aromatic heterocycles. The Kier molecular flexibility index (Phi) is 3.04. The monoisotopic (exact) mass is 239 g/mol. The highest BCUT2D eigenvalue weighted by Gasteiger charge is 2.46. The van der Waals surface area contributed by atoms with Crippen LogP contribution in [0, 0.1) is 0 Å². The Balaban J connectivity index is 2.21. The van der Waals surface area contributed by atoms with Crippen molar-refractivity contribution in [1.82, 2.24) is 15.5 Å². The topological polar surface area (TPSA) is 78.5 Å². The third kappa shape index (κ3) is 1.99. The molecular weight excluding hydrogens is 222 g/mol. The lowest BCUT2D eigenvalue weighted by Gasteiger charge is -2.42. The highest BCUT2D eigenvalue weighted by atomic mass is 16.2. The van der Waals surface area contributed by atoms with Crippen LogP contribution in [0.3, 0.4) is 0 Å². The summed E-state index contributed by atoms with van der Waals surface area (Å²) in [5, 5.41) is 5.53.